The summed E-state index contributed by atoms with van der Waals surface area (Å²) in [6.07, 6.45) is 0. The molecule has 30 heavy (non-hydrogen) atoms. The second kappa shape index (κ2) is 8.55. The summed E-state index contributed by atoms with van der Waals surface area (Å²) in [7, 11) is 1.54. The molecule has 156 valence electrons. The van der Waals surface area contributed by atoms with Gasteiger partial charge in [-0.2, -0.15) is 0 Å². The van der Waals surface area contributed by atoms with Crippen molar-refractivity contribution in [2.75, 3.05) is 30.4 Å². The van der Waals surface area contributed by atoms with Crippen molar-refractivity contribution < 1.29 is 14.6 Å². The Morgan fingerprint density at radius 3 is 2.10 bits per heavy atom. The monoisotopic (exact) mass is 412 g/mol. The van der Waals surface area contributed by atoms with Crippen LogP contribution in [0.25, 0.3) is 11.0 Å². The fraction of sp³-hybridized carbons (Fsp3) is 0.263. The zero-order chi connectivity index (χ0) is 21.8. The maximum absolute atomic E-state index is 11.3. The van der Waals surface area contributed by atoms with Gasteiger partial charge in [-0.15, -0.1) is 0 Å². The summed E-state index contributed by atoms with van der Waals surface area (Å²) in [5, 5.41) is 25.8. The van der Waals surface area contributed by atoms with Crippen molar-refractivity contribution in [1.82, 2.24) is 9.97 Å². The van der Waals surface area contributed by atoms with Crippen LogP contribution in [0, 0.1) is 20.2 Å². The van der Waals surface area contributed by atoms with Gasteiger partial charge >= 0.3 is 11.4 Å². The van der Waals surface area contributed by atoms with Crippen LogP contribution >= 0.6 is 0 Å². The number of nitrogens with one attached hydrogen (secondary N) is 1. The van der Waals surface area contributed by atoms with Gasteiger partial charge in [-0.1, -0.05) is 12.1 Å². The van der Waals surface area contributed by atoms with Gasteiger partial charge in [0.2, 0.25) is 0 Å². The molecule has 1 heterocycles. The second-order valence-corrected chi connectivity index (χ2v) is 6.24. The third-order valence-electron chi connectivity index (χ3n) is 4.56. The highest BCUT2D eigenvalue weighted by Gasteiger charge is 2.27. The lowest BCUT2D eigenvalue weighted by atomic mass is 10.2. The van der Waals surface area contributed by atoms with Crippen LogP contribution in [0.3, 0.4) is 0 Å². The van der Waals surface area contributed by atoms with Crippen molar-refractivity contribution in [3.05, 3.63) is 56.6 Å². The Morgan fingerprint density at radius 1 is 1.00 bits per heavy atom. The molecule has 0 unspecified atom stereocenters. The molecule has 0 aliphatic heterocycles. The number of nitrogens with zero attached hydrogens (tertiary/aromatic N) is 5. The molecular weight excluding hydrogens is 392 g/mol. The van der Waals surface area contributed by atoms with Gasteiger partial charge in [0, 0.05) is 13.1 Å². The number of ether oxygens (including phenoxy) is 1. The highest BCUT2D eigenvalue weighted by molar-refractivity contribution is 5.87. The van der Waals surface area contributed by atoms with E-state index in [1.54, 1.807) is 19.2 Å². The van der Waals surface area contributed by atoms with Crippen molar-refractivity contribution in [3.8, 4) is 5.75 Å². The van der Waals surface area contributed by atoms with E-state index in [1.165, 1.54) is 0 Å². The Kier molecular flexibility index (Phi) is 5.90. The quantitative estimate of drug-likeness (QED) is 0.429. The summed E-state index contributed by atoms with van der Waals surface area (Å²) >= 11 is 0. The number of para-hydroxylation sites is 2. The molecule has 2 aromatic carbocycles. The van der Waals surface area contributed by atoms with Crippen molar-refractivity contribution in [2.24, 2.45) is 0 Å². The largest absolute Gasteiger partial charge is 0.495 e. The first-order valence-corrected chi connectivity index (χ1v) is 9.19. The van der Waals surface area contributed by atoms with Gasteiger partial charge in [-0.25, -0.2) is 9.97 Å². The van der Waals surface area contributed by atoms with Gasteiger partial charge in [-0.05, 0) is 26.0 Å². The lowest BCUT2D eigenvalue weighted by molar-refractivity contribution is -0.422. The molecule has 0 fully saturated rings. The van der Waals surface area contributed by atoms with E-state index < -0.39 is 21.2 Å². The minimum absolute atomic E-state index is 0.167. The Bertz CT molecular complexity index is 1120. The Morgan fingerprint density at radius 2 is 1.57 bits per heavy atom. The SMILES string of the molecule is CCN(CC)c1nc2cc([N+](=O)[O-])c([N+](=O)[O-])cc2nc1Nc1ccccc1OC. The summed E-state index contributed by atoms with van der Waals surface area (Å²) < 4.78 is 5.36. The van der Waals surface area contributed by atoms with Gasteiger partial charge in [-0.3, -0.25) is 20.2 Å². The van der Waals surface area contributed by atoms with Crippen LogP contribution in [0.5, 0.6) is 5.75 Å². The lowest BCUT2D eigenvalue weighted by Crippen LogP contribution is -2.24. The van der Waals surface area contributed by atoms with Crippen LogP contribution in [0.1, 0.15) is 13.8 Å². The fourth-order valence-corrected chi connectivity index (χ4v) is 3.07. The lowest BCUT2D eigenvalue weighted by Gasteiger charge is -2.23. The van der Waals surface area contributed by atoms with Crippen LogP contribution in [-0.2, 0) is 0 Å². The number of hydrogen-bond donors (Lipinski definition) is 1. The van der Waals surface area contributed by atoms with E-state index >= 15 is 0 Å². The van der Waals surface area contributed by atoms with Gasteiger partial charge in [0.1, 0.15) is 5.75 Å². The molecule has 3 aromatic rings. The molecule has 0 aliphatic rings. The highest BCUT2D eigenvalue weighted by Crippen LogP contribution is 2.35. The number of nitro benzene ring substituents is 2. The van der Waals surface area contributed by atoms with Gasteiger partial charge in [0.15, 0.2) is 11.6 Å². The average Bonchev–Trinajstić information content (AvgIpc) is 2.74. The topological polar surface area (TPSA) is 137 Å². The van der Waals surface area contributed by atoms with E-state index in [1.807, 2.05) is 30.9 Å². The first-order chi connectivity index (χ1) is 14.4. The molecule has 11 nitrogen and oxygen atoms in total. The number of rotatable bonds is 8. The zero-order valence-electron chi connectivity index (χ0n) is 16.7. The number of anilines is 3. The van der Waals surface area contributed by atoms with Crippen molar-refractivity contribution in [3.63, 3.8) is 0 Å². The van der Waals surface area contributed by atoms with Crippen LogP contribution in [-0.4, -0.2) is 40.0 Å². The summed E-state index contributed by atoms with van der Waals surface area (Å²) in [6.45, 7) is 5.12. The minimum atomic E-state index is -0.801. The number of methoxy groups -OCH3 is 1. The van der Waals surface area contributed by atoms with Gasteiger partial charge in [0.05, 0.1) is 45.8 Å². The first-order valence-electron chi connectivity index (χ1n) is 9.19. The molecule has 3 rings (SSSR count). The second-order valence-electron chi connectivity index (χ2n) is 6.24. The number of aromatic nitrogens is 2. The number of fused-ring (bicyclic) bond motifs is 1. The predicted molar refractivity (Wildman–Crippen MR) is 113 cm³/mol. The van der Waals surface area contributed by atoms with Crippen molar-refractivity contribution >= 4 is 39.7 Å². The molecule has 0 atom stereocenters. The number of benzene rings is 2. The van der Waals surface area contributed by atoms with Crippen LogP contribution in [0.2, 0.25) is 0 Å². The van der Waals surface area contributed by atoms with Gasteiger partial charge < -0.3 is 15.0 Å². The van der Waals surface area contributed by atoms with E-state index in [0.29, 0.717) is 36.2 Å². The molecule has 1 N–H and O–H groups in total. The Hall–Kier alpha value is -4.02. The van der Waals surface area contributed by atoms with Crippen molar-refractivity contribution in [2.45, 2.75) is 13.8 Å². The van der Waals surface area contributed by atoms with E-state index in [2.05, 4.69) is 15.3 Å². The van der Waals surface area contributed by atoms with Crippen LogP contribution < -0.4 is 15.0 Å². The molecule has 0 amide bonds. The van der Waals surface area contributed by atoms with E-state index in [9.17, 15) is 20.2 Å². The Labute approximate surface area is 171 Å². The zero-order valence-corrected chi connectivity index (χ0v) is 16.7. The summed E-state index contributed by atoms with van der Waals surface area (Å²) in [5.41, 5.74) is -0.266. The van der Waals surface area contributed by atoms with E-state index in [0.717, 1.165) is 12.1 Å². The maximum Gasteiger partial charge on any atom is 0.348 e. The molecule has 0 aliphatic carbocycles. The molecular formula is C19H20N6O5. The third-order valence-corrected chi connectivity index (χ3v) is 4.56. The van der Waals surface area contributed by atoms with Gasteiger partial charge in [0.25, 0.3) is 0 Å². The molecule has 11 heteroatoms. The van der Waals surface area contributed by atoms with Crippen LogP contribution in [0.4, 0.5) is 28.7 Å². The number of hydrogen-bond acceptors (Lipinski definition) is 9. The van der Waals surface area contributed by atoms with E-state index in [4.69, 9.17) is 4.74 Å². The first kappa shape index (κ1) is 20.7. The number of nitro groups is 2. The summed E-state index contributed by atoms with van der Waals surface area (Å²) in [5.74, 6) is 1.42. The maximum atomic E-state index is 11.3. The summed E-state index contributed by atoms with van der Waals surface area (Å²) in [4.78, 5) is 32.0. The highest BCUT2D eigenvalue weighted by atomic mass is 16.6. The standard InChI is InChI=1S/C19H20N6O5/c1-4-23(5-2)19-18(20-12-8-6-7-9-17(12)30-3)21-13-10-15(24(26)27)16(25(28)29)11-14(13)22-19/h6-11H,4-5H2,1-3H3,(H,20,21). The molecule has 1 aromatic heterocycles. The average molecular weight is 412 g/mol. The van der Waals surface area contributed by atoms with Crippen LogP contribution in [0.15, 0.2) is 36.4 Å². The smallest absolute Gasteiger partial charge is 0.348 e. The normalized spacial score (nSPS) is 10.6. The molecule has 0 bridgehead atoms. The third kappa shape index (κ3) is 3.90. The summed E-state index contributed by atoms with van der Waals surface area (Å²) in [6, 6.07) is 9.38. The molecule has 0 spiro atoms. The van der Waals surface area contributed by atoms with E-state index in [-0.39, 0.29) is 11.0 Å². The minimum Gasteiger partial charge on any atom is -0.495 e. The predicted octanol–water partition coefficient (Wildman–Crippen LogP) is 4.04. The molecule has 0 saturated heterocycles. The van der Waals surface area contributed by atoms with Crippen molar-refractivity contribution in [1.29, 1.82) is 0 Å². The fourth-order valence-electron chi connectivity index (χ4n) is 3.07. The molecule has 0 radical (unpaired) electrons. The Balaban J connectivity index is 2.25. The molecule has 0 saturated carbocycles.